The zero-order chi connectivity index (χ0) is 13.9. The van der Waals surface area contributed by atoms with Crippen molar-refractivity contribution in [2.75, 3.05) is 17.3 Å². The van der Waals surface area contributed by atoms with E-state index in [0.717, 1.165) is 0 Å². The Morgan fingerprint density at radius 2 is 2.26 bits per heavy atom. The van der Waals surface area contributed by atoms with Gasteiger partial charge in [-0.05, 0) is 19.1 Å². The largest absolute Gasteiger partial charge is 0.379 e. The molecule has 1 unspecified atom stereocenters. The van der Waals surface area contributed by atoms with Crippen molar-refractivity contribution in [3.8, 4) is 5.82 Å². The summed E-state index contributed by atoms with van der Waals surface area (Å²) in [5, 5.41) is 7.14. The minimum Gasteiger partial charge on any atom is -0.379 e. The molecule has 7 nitrogen and oxygen atoms in total. The molecule has 0 fully saturated rings. The van der Waals surface area contributed by atoms with Gasteiger partial charge in [-0.1, -0.05) is 0 Å². The lowest BCUT2D eigenvalue weighted by Gasteiger charge is -2.16. The molecule has 2 aromatic rings. The van der Waals surface area contributed by atoms with Crippen LogP contribution in [-0.2, 0) is 9.84 Å². The predicted molar refractivity (Wildman–Crippen MR) is 71.9 cm³/mol. The Kier molecular flexibility index (Phi) is 3.79. The van der Waals surface area contributed by atoms with E-state index in [4.69, 9.17) is 0 Å². The molecule has 0 spiro atoms. The summed E-state index contributed by atoms with van der Waals surface area (Å²) in [6, 6.07) is 3.38. The molecule has 2 aromatic heterocycles. The van der Waals surface area contributed by atoms with Crippen molar-refractivity contribution in [1.29, 1.82) is 0 Å². The van der Waals surface area contributed by atoms with Crippen molar-refractivity contribution in [2.45, 2.75) is 13.0 Å². The molecular weight excluding hydrogens is 266 g/mol. The lowest BCUT2D eigenvalue weighted by atomic mass is 10.3. The molecule has 0 aliphatic rings. The fraction of sp³-hybridized carbons (Fsp3) is 0.364. The van der Waals surface area contributed by atoms with Crippen LogP contribution in [0, 0.1) is 0 Å². The number of rotatable bonds is 5. The maximum absolute atomic E-state index is 11.3. The highest BCUT2D eigenvalue weighted by Gasteiger charge is 2.13. The molecule has 0 aliphatic heterocycles. The maximum Gasteiger partial charge on any atom is 0.178 e. The van der Waals surface area contributed by atoms with E-state index in [0.29, 0.717) is 11.5 Å². The third kappa shape index (κ3) is 3.75. The molecule has 0 aromatic carbocycles. The molecule has 8 heteroatoms. The molecule has 0 amide bonds. The van der Waals surface area contributed by atoms with Gasteiger partial charge in [-0.15, -0.1) is 0 Å². The Hall–Kier alpha value is -1.96. The van der Waals surface area contributed by atoms with Crippen LogP contribution in [0.5, 0.6) is 0 Å². The van der Waals surface area contributed by atoms with E-state index in [9.17, 15) is 8.42 Å². The van der Waals surface area contributed by atoms with Crippen LogP contribution < -0.4 is 5.32 Å². The summed E-state index contributed by atoms with van der Waals surface area (Å²) in [6.07, 6.45) is 5.81. The lowest BCUT2D eigenvalue weighted by Crippen LogP contribution is -2.25. The van der Waals surface area contributed by atoms with Crippen molar-refractivity contribution >= 4 is 15.5 Å². The smallest absolute Gasteiger partial charge is 0.178 e. The average Bonchev–Trinajstić information content (AvgIpc) is 2.80. The monoisotopic (exact) mass is 281 g/mol. The molecule has 0 saturated heterocycles. The number of sulfone groups is 1. The van der Waals surface area contributed by atoms with Gasteiger partial charge in [-0.2, -0.15) is 5.10 Å². The zero-order valence-corrected chi connectivity index (χ0v) is 11.5. The predicted octanol–water partition coefficient (Wildman–Crippen LogP) is 0.507. The SMILES string of the molecule is CC(CS(C)(=O)=O)Nc1cccnc1-n1cncn1. The first-order valence-electron chi connectivity index (χ1n) is 5.70. The maximum atomic E-state index is 11.3. The molecule has 0 aliphatic carbocycles. The van der Waals surface area contributed by atoms with Crippen molar-refractivity contribution in [1.82, 2.24) is 19.7 Å². The van der Waals surface area contributed by atoms with Gasteiger partial charge in [0, 0.05) is 18.5 Å². The number of pyridine rings is 1. The minimum absolute atomic E-state index is 0.0543. The topological polar surface area (TPSA) is 89.8 Å². The average molecular weight is 281 g/mol. The van der Waals surface area contributed by atoms with Gasteiger partial charge in [0.05, 0.1) is 11.4 Å². The quantitative estimate of drug-likeness (QED) is 0.858. The van der Waals surface area contributed by atoms with Gasteiger partial charge in [0.2, 0.25) is 0 Å². The normalized spacial score (nSPS) is 13.2. The number of anilines is 1. The second-order valence-corrected chi connectivity index (χ2v) is 6.54. The molecule has 0 bridgehead atoms. The molecule has 1 atom stereocenters. The van der Waals surface area contributed by atoms with Gasteiger partial charge < -0.3 is 5.32 Å². The van der Waals surface area contributed by atoms with Crippen molar-refractivity contribution in [2.24, 2.45) is 0 Å². The van der Waals surface area contributed by atoms with Gasteiger partial charge in [-0.25, -0.2) is 23.1 Å². The fourth-order valence-corrected chi connectivity index (χ4v) is 2.76. The first-order valence-corrected chi connectivity index (χ1v) is 7.76. The molecule has 19 heavy (non-hydrogen) atoms. The Morgan fingerprint density at radius 3 is 2.89 bits per heavy atom. The standard InChI is InChI=1S/C11H15N5O2S/c1-9(6-19(2,17)18)15-10-4-3-5-13-11(10)16-8-12-7-14-16/h3-5,7-9,15H,6H2,1-2H3. The highest BCUT2D eigenvalue weighted by Crippen LogP contribution is 2.16. The van der Waals surface area contributed by atoms with E-state index in [1.807, 2.05) is 6.07 Å². The minimum atomic E-state index is -3.03. The molecule has 0 saturated carbocycles. The number of nitrogens with one attached hydrogen (secondary N) is 1. The van der Waals surface area contributed by atoms with E-state index >= 15 is 0 Å². The fourth-order valence-electron chi connectivity index (χ4n) is 1.77. The van der Waals surface area contributed by atoms with Crippen molar-refractivity contribution in [3.63, 3.8) is 0 Å². The highest BCUT2D eigenvalue weighted by molar-refractivity contribution is 7.90. The van der Waals surface area contributed by atoms with Crippen molar-refractivity contribution < 1.29 is 8.42 Å². The second-order valence-electron chi connectivity index (χ2n) is 4.35. The van der Waals surface area contributed by atoms with Crippen LogP contribution in [0.25, 0.3) is 5.82 Å². The summed E-state index contributed by atoms with van der Waals surface area (Å²) >= 11 is 0. The molecule has 2 heterocycles. The van der Waals surface area contributed by atoms with E-state index in [-0.39, 0.29) is 11.8 Å². The van der Waals surface area contributed by atoms with Crippen LogP contribution in [0.15, 0.2) is 31.0 Å². The molecular formula is C11H15N5O2S. The third-order valence-electron chi connectivity index (χ3n) is 2.38. The molecule has 0 radical (unpaired) electrons. The van der Waals surface area contributed by atoms with Gasteiger partial charge >= 0.3 is 0 Å². The van der Waals surface area contributed by atoms with Gasteiger partial charge in [-0.3, -0.25) is 0 Å². The van der Waals surface area contributed by atoms with E-state index in [1.54, 1.807) is 19.2 Å². The Bertz CT molecular complexity index is 639. The number of hydrogen-bond acceptors (Lipinski definition) is 6. The second kappa shape index (κ2) is 5.35. The van der Waals surface area contributed by atoms with Gasteiger partial charge in [0.25, 0.3) is 0 Å². The molecule has 2 rings (SSSR count). The van der Waals surface area contributed by atoms with Crippen LogP contribution in [0.2, 0.25) is 0 Å². The van der Waals surface area contributed by atoms with Crippen LogP contribution in [0.1, 0.15) is 6.92 Å². The number of aromatic nitrogens is 4. The Balaban J connectivity index is 2.22. The number of nitrogens with zero attached hydrogens (tertiary/aromatic N) is 4. The van der Waals surface area contributed by atoms with E-state index < -0.39 is 9.84 Å². The van der Waals surface area contributed by atoms with Crippen LogP contribution >= 0.6 is 0 Å². The Morgan fingerprint density at radius 1 is 1.47 bits per heavy atom. The highest BCUT2D eigenvalue weighted by atomic mass is 32.2. The van der Waals surface area contributed by atoms with E-state index in [2.05, 4.69) is 20.4 Å². The van der Waals surface area contributed by atoms with Crippen LogP contribution in [-0.4, -0.2) is 46.2 Å². The summed E-state index contributed by atoms with van der Waals surface area (Å²) in [5.74, 6) is 0.638. The third-order valence-corrected chi connectivity index (χ3v) is 3.48. The lowest BCUT2D eigenvalue weighted by molar-refractivity contribution is 0.598. The first kappa shape index (κ1) is 13.5. The van der Waals surface area contributed by atoms with Gasteiger partial charge in [0.15, 0.2) is 5.82 Å². The summed E-state index contributed by atoms with van der Waals surface area (Å²) in [5.41, 5.74) is 0.712. The first-order chi connectivity index (χ1) is 8.96. The number of hydrogen-bond donors (Lipinski definition) is 1. The van der Waals surface area contributed by atoms with Crippen molar-refractivity contribution in [3.05, 3.63) is 31.0 Å². The van der Waals surface area contributed by atoms with Gasteiger partial charge in [0.1, 0.15) is 22.5 Å². The summed E-state index contributed by atoms with van der Waals surface area (Å²) in [4.78, 5) is 8.09. The summed E-state index contributed by atoms with van der Waals surface area (Å²) in [7, 11) is -3.03. The summed E-state index contributed by atoms with van der Waals surface area (Å²) in [6.45, 7) is 1.80. The van der Waals surface area contributed by atoms with Crippen LogP contribution in [0.3, 0.4) is 0 Å². The molecule has 1 N–H and O–H groups in total. The van der Waals surface area contributed by atoms with Crippen LogP contribution in [0.4, 0.5) is 5.69 Å². The zero-order valence-electron chi connectivity index (χ0n) is 10.7. The molecule has 102 valence electrons. The Labute approximate surface area is 111 Å². The van der Waals surface area contributed by atoms with E-state index in [1.165, 1.54) is 23.6 Å². The summed E-state index contributed by atoms with van der Waals surface area (Å²) < 4.78 is 24.0.